The van der Waals surface area contributed by atoms with Gasteiger partial charge in [0.05, 0.1) is 12.2 Å². The van der Waals surface area contributed by atoms with Crippen molar-refractivity contribution in [3.63, 3.8) is 0 Å². The number of nitrogens with zero attached hydrogens (tertiary/aromatic N) is 3. The monoisotopic (exact) mass is 427 g/mol. The van der Waals surface area contributed by atoms with Crippen molar-refractivity contribution < 1.29 is 9.84 Å². The van der Waals surface area contributed by atoms with Gasteiger partial charge in [-0.25, -0.2) is 15.0 Å². The molecule has 0 saturated carbocycles. The summed E-state index contributed by atoms with van der Waals surface area (Å²) in [5.41, 5.74) is 3.13. The molecule has 0 unspecified atom stereocenters. The second-order valence-corrected chi connectivity index (χ2v) is 7.28. The Morgan fingerprint density at radius 3 is 1.94 bits per heavy atom. The molecule has 164 valence electrons. The van der Waals surface area contributed by atoms with E-state index in [1.54, 1.807) is 12.1 Å². The maximum absolute atomic E-state index is 10.0. The minimum Gasteiger partial charge on any atom is -0.507 e. The Labute approximate surface area is 189 Å². The van der Waals surface area contributed by atoms with Crippen molar-refractivity contribution in [3.05, 3.63) is 91.5 Å². The van der Waals surface area contributed by atoms with Crippen molar-refractivity contribution in [2.75, 3.05) is 6.61 Å². The van der Waals surface area contributed by atoms with Crippen LogP contribution in [0.3, 0.4) is 0 Å². The maximum Gasteiger partial charge on any atom is 0.166 e. The van der Waals surface area contributed by atoms with Crippen molar-refractivity contribution in [1.29, 1.82) is 0 Å². The van der Waals surface area contributed by atoms with E-state index in [0.717, 1.165) is 6.42 Å². The van der Waals surface area contributed by atoms with Gasteiger partial charge in [-0.15, -0.1) is 0 Å². The summed E-state index contributed by atoms with van der Waals surface area (Å²) in [5, 5.41) is 10.0. The van der Waals surface area contributed by atoms with E-state index in [0.29, 0.717) is 23.7 Å². The van der Waals surface area contributed by atoms with Crippen molar-refractivity contribution in [2.45, 2.75) is 32.6 Å². The van der Waals surface area contributed by atoms with Gasteiger partial charge in [0, 0.05) is 6.07 Å². The summed E-state index contributed by atoms with van der Waals surface area (Å²) < 4.78 is 5.61. The van der Waals surface area contributed by atoms with Crippen LogP contribution in [0.5, 0.6) is 11.5 Å². The molecule has 0 aliphatic rings. The summed E-state index contributed by atoms with van der Waals surface area (Å²) >= 11 is 0. The normalized spacial score (nSPS) is 10.2. The van der Waals surface area contributed by atoms with Crippen LogP contribution in [0.1, 0.15) is 32.6 Å². The third kappa shape index (κ3) is 7.20. The molecule has 0 atom stereocenters. The summed E-state index contributed by atoms with van der Waals surface area (Å²) in [6.07, 6.45) is 7.45. The number of benzene rings is 3. The second kappa shape index (κ2) is 12.8. The predicted molar refractivity (Wildman–Crippen MR) is 128 cm³/mol. The van der Waals surface area contributed by atoms with Crippen LogP contribution in [0.15, 0.2) is 91.5 Å². The standard InChI is InChI=1S/C15H19N3O2.C12H10/c1-2-3-4-5-8-20-12-6-7-13(14(19)9-12)15-17-10-16-11-18-15;1-3-7-11(8-4-1)12-9-5-2-6-10-12/h6-7,9-11,19H,2-5,8H2,1H3;1-10H. The van der Waals surface area contributed by atoms with Crippen LogP contribution in [-0.4, -0.2) is 26.7 Å². The minimum atomic E-state index is 0.113. The number of hydrogen-bond donors (Lipinski definition) is 1. The zero-order valence-electron chi connectivity index (χ0n) is 18.4. The molecular weight excluding hydrogens is 398 g/mol. The molecule has 0 bridgehead atoms. The molecule has 1 heterocycles. The van der Waals surface area contributed by atoms with Crippen molar-refractivity contribution >= 4 is 0 Å². The first-order chi connectivity index (χ1) is 15.8. The fourth-order valence-corrected chi connectivity index (χ4v) is 3.15. The highest BCUT2D eigenvalue weighted by molar-refractivity contribution is 5.64. The maximum atomic E-state index is 10.0. The van der Waals surface area contributed by atoms with Crippen LogP contribution in [0, 0.1) is 0 Å². The first-order valence-electron chi connectivity index (χ1n) is 11.0. The Morgan fingerprint density at radius 2 is 1.38 bits per heavy atom. The summed E-state index contributed by atoms with van der Waals surface area (Å²) in [4.78, 5) is 11.8. The Kier molecular flexibility index (Phi) is 9.21. The van der Waals surface area contributed by atoms with Crippen LogP contribution >= 0.6 is 0 Å². The Morgan fingerprint density at radius 1 is 0.750 bits per heavy atom. The van der Waals surface area contributed by atoms with Gasteiger partial charge in [0.2, 0.25) is 0 Å². The lowest BCUT2D eigenvalue weighted by molar-refractivity contribution is 0.303. The number of aromatic nitrogens is 3. The smallest absolute Gasteiger partial charge is 0.166 e. The van der Waals surface area contributed by atoms with E-state index in [9.17, 15) is 5.11 Å². The van der Waals surface area contributed by atoms with Gasteiger partial charge in [0.15, 0.2) is 5.82 Å². The number of rotatable bonds is 8. The molecule has 0 radical (unpaired) electrons. The Hall–Kier alpha value is -3.73. The number of aromatic hydroxyl groups is 1. The molecule has 0 spiro atoms. The number of phenols is 1. The Bertz CT molecular complexity index is 1000. The lowest BCUT2D eigenvalue weighted by Gasteiger charge is -2.08. The molecule has 0 fully saturated rings. The second-order valence-electron chi connectivity index (χ2n) is 7.28. The van der Waals surface area contributed by atoms with Gasteiger partial charge in [0.1, 0.15) is 24.2 Å². The molecule has 4 rings (SSSR count). The largest absolute Gasteiger partial charge is 0.507 e. The lowest BCUT2D eigenvalue weighted by atomic mass is 10.1. The highest BCUT2D eigenvalue weighted by Crippen LogP contribution is 2.30. The fraction of sp³-hybridized carbons (Fsp3) is 0.222. The van der Waals surface area contributed by atoms with Gasteiger partial charge in [-0.05, 0) is 29.7 Å². The van der Waals surface area contributed by atoms with Crippen molar-refractivity contribution in [2.24, 2.45) is 0 Å². The van der Waals surface area contributed by atoms with E-state index >= 15 is 0 Å². The van der Waals surface area contributed by atoms with Gasteiger partial charge in [0.25, 0.3) is 0 Å². The molecule has 3 aromatic carbocycles. The molecule has 0 aliphatic carbocycles. The average Bonchev–Trinajstić information content (AvgIpc) is 2.86. The zero-order valence-corrected chi connectivity index (χ0v) is 18.4. The number of phenolic OH excluding ortho intramolecular Hbond substituents is 1. The van der Waals surface area contributed by atoms with Crippen LogP contribution in [0.2, 0.25) is 0 Å². The minimum absolute atomic E-state index is 0.113. The first-order valence-corrected chi connectivity index (χ1v) is 11.0. The molecule has 32 heavy (non-hydrogen) atoms. The average molecular weight is 428 g/mol. The summed E-state index contributed by atoms with van der Waals surface area (Å²) in [5.74, 6) is 1.23. The topological polar surface area (TPSA) is 68.1 Å². The molecule has 5 nitrogen and oxygen atoms in total. The first kappa shape index (κ1) is 22.9. The summed E-state index contributed by atoms with van der Waals surface area (Å²) in [6.45, 7) is 2.85. The molecule has 1 aromatic heterocycles. The van der Waals surface area contributed by atoms with E-state index in [1.807, 2.05) is 18.2 Å². The third-order valence-corrected chi connectivity index (χ3v) is 4.85. The Balaban J connectivity index is 0.000000204. The van der Waals surface area contributed by atoms with E-state index in [1.165, 1.54) is 43.0 Å². The van der Waals surface area contributed by atoms with Crippen LogP contribution in [0.25, 0.3) is 22.5 Å². The van der Waals surface area contributed by atoms with Crippen LogP contribution in [-0.2, 0) is 0 Å². The predicted octanol–water partition coefficient (Wildman–Crippen LogP) is 6.56. The van der Waals surface area contributed by atoms with Gasteiger partial charge in [-0.3, -0.25) is 0 Å². The summed E-state index contributed by atoms with van der Waals surface area (Å²) in [7, 11) is 0. The quantitative estimate of drug-likeness (QED) is 0.323. The summed E-state index contributed by atoms with van der Waals surface area (Å²) in [6, 6.07) is 26.0. The molecule has 4 aromatic rings. The van der Waals surface area contributed by atoms with Crippen LogP contribution in [0.4, 0.5) is 0 Å². The SMILES string of the molecule is CCCCCCOc1ccc(-c2ncncn2)c(O)c1.c1ccc(-c2ccccc2)cc1. The molecular formula is C27H29N3O2. The van der Waals surface area contributed by atoms with Crippen molar-refractivity contribution in [3.8, 4) is 34.0 Å². The van der Waals surface area contributed by atoms with E-state index in [4.69, 9.17) is 4.74 Å². The van der Waals surface area contributed by atoms with Crippen LogP contribution < -0.4 is 4.74 Å². The van der Waals surface area contributed by atoms with Gasteiger partial charge < -0.3 is 9.84 Å². The van der Waals surface area contributed by atoms with E-state index < -0.39 is 0 Å². The number of ether oxygens (including phenoxy) is 1. The molecule has 0 saturated heterocycles. The fourth-order valence-electron chi connectivity index (χ4n) is 3.15. The van der Waals surface area contributed by atoms with Gasteiger partial charge in [-0.1, -0.05) is 86.8 Å². The number of unbranched alkanes of at least 4 members (excludes halogenated alkanes) is 3. The van der Waals surface area contributed by atoms with Crippen molar-refractivity contribution in [1.82, 2.24) is 15.0 Å². The molecule has 0 amide bonds. The molecule has 0 aliphatic heterocycles. The van der Waals surface area contributed by atoms with E-state index in [-0.39, 0.29) is 5.75 Å². The molecule has 5 heteroatoms. The van der Waals surface area contributed by atoms with Gasteiger partial charge >= 0.3 is 0 Å². The highest BCUT2D eigenvalue weighted by Gasteiger charge is 2.08. The lowest BCUT2D eigenvalue weighted by Crippen LogP contribution is -1.97. The highest BCUT2D eigenvalue weighted by atomic mass is 16.5. The number of hydrogen-bond acceptors (Lipinski definition) is 5. The third-order valence-electron chi connectivity index (χ3n) is 4.85. The zero-order chi connectivity index (χ0) is 22.4. The van der Waals surface area contributed by atoms with E-state index in [2.05, 4.69) is 70.4 Å². The molecule has 1 N–H and O–H groups in total. The van der Waals surface area contributed by atoms with Gasteiger partial charge in [-0.2, -0.15) is 0 Å².